The molecule has 1 aromatic carbocycles. The zero-order valence-electron chi connectivity index (χ0n) is 13.7. The molecule has 0 saturated carbocycles. The van der Waals surface area contributed by atoms with Crippen LogP contribution in [0.1, 0.15) is 21.9 Å². The van der Waals surface area contributed by atoms with Gasteiger partial charge in [0.15, 0.2) is 5.76 Å². The number of amides is 1. The lowest BCUT2D eigenvalue weighted by Gasteiger charge is -2.34. The van der Waals surface area contributed by atoms with Crippen molar-refractivity contribution >= 4 is 17.7 Å². The molecule has 1 aromatic heterocycles. The number of rotatable bonds is 5. The molecule has 0 aliphatic carbocycles. The van der Waals surface area contributed by atoms with Gasteiger partial charge in [-0.25, -0.2) is 4.39 Å². The minimum absolute atomic E-state index is 0.0484. The minimum Gasteiger partial charge on any atom is -0.455 e. The van der Waals surface area contributed by atoms with E-state index in [1.165, 1.54) is 6.07 Å². The lowest BCUT2D eigenvalue weighted by Crippen LogP contribution is -2.48. The molecule has 0 N–H and O–H groups in total. The molecule has 1 fully saturated rings. The maximum absolute atomic E-state index is 13.3. The molecule has 6 heteroatoms. The van der Waals surface area contributed by atoms with E-state index in [0.717, 1.165) is 30.2 Å². The molecular formula is C18H21FN2O2S. The molecule has 0 radical (unpaired) electrons. The van der Waals surface area contributed by atoms with Gasteiger partial charge in [-0.1, -0.05) is 12.1 Å². The van der Waals surface area contributed by atoms with Crippen LogP contribution in [0.3, 0.4) is 0 Å². The van der Waals surface area contributed by atoms with Crippen LogP contribution in [0.15, 0.2) is 40.8 Å². The van der Waals surface area contributed by atoms with Crippen LogP contribution in [0.25, 0.3) is 0 Å². The van der Waals surface area contributed by atoms with Gasteiger partial charge in [0.2, 0.25) is 0 Å². The number of benzene rings is 1. The van der Waals surface area contributed by atoms with Crippen LogP contribution in [-0.2, 0) is 12.3 Å². The van der Waals surface area contributed by atoms with Gasteiger partial charge in [0, 0.05) is 32.7 Å². The Morgan fingerprint density at radius 1 is 1.21 bits per heavy atom. The van der Waals surface area contributed by atoms with E-state index < -0.39 is 0 Å². The summed E-state index contributed by atoms with van der Waals surface area (Å²) in [5, 5.41) is 0. The van der Waals surface area contributed by atoms with Crippen molar-refractivity contribution in [2.75, 3.05) is 32.4 Å². The van der Waals surface area contributed by atoms with Crippen molar-refractivity contribution in [2.24, 2.45) is 0 Å². The van der Waals surface area contributed by atoms with E-state index in [0.29, 0.717) is 25.4 Å². The third kappa shape index (κ3) is 4.19. The van der Waals surface area contributed by atoms with Gasteiger partial charge in [-0.15, -0.1) is 0 Å². The van der Waals surface area contributed by atoms with E-state index in [1.54, 1.807) is 30.0 Å². The van der Waals surface area contributed by atoms with Crippen LogP contribution in [0, 0.1) is 5.82 Å². The van der Waals surface area contributed by atoms with E-state index >= 15 is 0 Å². The highest BCUT2D eigenvalue weighted by Gasteiger charge is 2.24. The first-order valence-electron chi connectivity index (χ1n) is 7.99. The van der Waals surface area contributed by atoms with E-state index in [4.69, 9.17) is 4.42 Å². The highest BCUT2D eigenvalue weighted by Crippen LogP contribution is 2.17. The summed E-state index contributed by atoms with van der Waals surface area (Å²) >= 11 is 1.67. The van der Waals surface area contributed by atoms with Gasteiger partial charge < -0.3 is 9.32 Å². The Morgan fingerprint density at radius 3 is 2.71 bits per heavy atom. The normalized spacial score (nSPS) is 15.7. The molecule has 4 nitrogen and oxygen atoms in total. The van der Waals surface area contributed by atoms with Crippen LogP contribution >= 0.6 is 11.8 Å². The van der Waals surface area contributed by atoms with Gasteiger partial charge in [-0.3, -0.25) is 9.69 Å². The summed E-state index contributed by atoms with van der Waals surface area (Å²) in [6, 6.07) is 10.3. The highest BCUT2D eigenvalue weighted by molar-refractivity contribution is 7.97. The number of furan rings is 1. The largest absolute Gasteiger partial charge is 0.455 e. The van der Waals surface area contributed by atoms with Crippen molar-refractivity contribution in [3.05, 3.63) is 59.3 Å². The second-order valence-corrected chi connectivity index (χ2v) is 6.76. The first-order chi connectivity index (χ1) is 11.7. The number of carbonyl (C=O) groups excluding carboxylic acids is 1. The molecule has 0 unspecified atom stereocenters. The SMILES string of the molecule is CSCc1ccc(C(=O)N2CCN(Cc3cccc(F)c3)CC2)o1. The molecule has 0 bridgehead atoms. The fourth-order valence-corrected chi connectivity index (χ4v) is 3.31. The molecule has 0 spiro atoms. The van der Waals surface area contributed by atoms with Crippen molar-refractivity contribution in [3.8, 4) is 0 Å². The predicted octanol–water partition coefficient (Wildman–Crippen LogP) is 3.24. The van der Waals surface area contributed by atoms with Gasteiger partial charge in [0.1, 0.15) is 11.6 Å². The quantitative estimate of drug-likeness (QED) is 0.831. The first-order valence-corrected chi connectivity index (χ1v) is 9.39. The molecule has 2 aromatic rings. The average Bonchev–Trinajstić information content (AvgIpc) is 3.04. The summed E-state index contributed by atoms with van der Waals surface area (Å²) < 4.78 is 18.9. The molecule has 1 amide bonds. The number of nitrogens with zero attached hydrogens (tertiary/aromatic N) is 2. The predicted molar refractivity (Wildman–Crippen MR) is 93.5 cm³/mol. The summed E-state index contributed by atoms with van der Waals surface area (Å²) in [5.74, 6) is 1.76. The number of halogens is 1. The Morgan fingerprint density at radius 2 is 2.00 bits per heavy atom. The molecule has 1 aliphatic rings. The summed E-state index contributed by atoms with van der Waals surface area (Å²) in [4.78, 5) is 16.5. The van der Waals surface area contributed by atoms with Gasteiger partial charge in [-0.05, 0) is 36.1 Å². The van der Waals surface area contributed by atoms with E-state index in [1.807, 2.05) is 23.3 Å². The first kappa shape index (κ1) is 17.0. The average molecular weight is 348 g/mol. The summed E-state index contributed by atoms with van der Waals surface area (Å²) in [6.45, 7) is 3.58. The molecule has 3 rings (SSSR count). The Bertz CT molecular complexity index is 696. The van der Waals surface area contributed by atoms with E-state index in [9.17, 15) is 9.18 Å². The van der Waals surface area contributed by atoms with Gasteiger partial charge >= 0.3 is 0 Å². The minimum atomic E-state index is -0.208. The number of hydrogen-bond acceptors (Lipinski definition) is 4. The molecule has 0 atom stereocenters. The Balaban J connectivity index is 1.53. The molecule has 128 valence electrons. The molecule has 2 heterocycles. The van der Waals surface area contributed by atoms with Gasteiger partial charge in [0.25, 0.3) is 5.91 Å². The van der Waals surface area contributed by atoms with Crippen molar-refractivity contribution in [2.45, 2.75) is 12.3 Å². The Labute approximate surface area is 145 Å². The fraction of sp³-hybridized carbons (Fsp3) is 0.389. The number of hydrogen-bond donors (Lipinski definition) is 0. The third-order valence-electron chi connectivity index (χ3n) is 4.11. The molecule has 1 saturated heterocycles. The van der Waals surface area contributed by atoms with Crippen LogP contribution < -0.4 is 0 Å². The maximum Gasteiger partial charge on any atom is 0.289 e. The zero-order chi connectivity index (χ0) is 16.9. The Kier molecular flexibility index (Phi) is 5.58. The van der Waals surface area contributed by atoms with Gasteiger partial charge in [0.05, 0.1) is 5.75 Å². The third-order valence-corrected chi connectivity index (χ3v) is 4.69. The number of piperazine rings is 1. The van der Waals surface area contributed by atoms with Crippen LogP contribution in [-0.4, -0.2) is 48.1 Å². The second-order valence-electron chi connectivity index (χ2n) is 5.90. The van der Waals surface area contributed by atoms with Crippen molar-refractivity contribution < 1.29 is 13.6 Å². The number of carbonyl (C=O) groups is 1. The second kappa shape index (κ2) is 7.85. The molecule has 24 heavy (non-hydrogen) atoms. The summed E-state index contributed by atoms with van der Waals surface area (Å²) in [7, 11) is 0. The monoisotopic (exact) mass is 348 g/mol. The highest BCUT2D eigenvalue weighted by atomic mass is 32.2. The van der Waals surface area contributed by atoms with Crippen LogP contribution in [0.2, 0.25) is 0 Å². The smallest absolute Gasteiger partial charge is 0.289 e. The van der Waals surface area contributed by atoms with E-state index in [-0.39, 0.29) is 11.7 Å². The molecular weight excluding hydrogens is 327 g/mol. The van der Waals surface area contributed by atoms with Crippen molar-refractivity contribution in [1.29, 1.82) is 0 Å². The standard InChI is InChI=1S/C18H21FN2O2S/c1-24-13-16-5-6-17(23-16)18(22)21-9-7-20(8-10-21)12-14-3-2-4-15(19)11-14/h2-6,11H,7-10,12-13H2,1H3. The topological polar surface area (TPSA) is 36.7 Å². The van der Waals surface area contributed by atoms with E-state index in [2.05, 4.69) is 4.90 Å². The zero-order valence-corrected chi connectivity index (χ0v) is 14.5. The summed E-state index contributed by atoms with van der Waals surface area (Å²) in [6.07, 6.45) is 2.00. The van der Waals surface area contributed by atoms with Gasteiger partial charge in [-0.2, -0.15) is 11.8 Å². The van der Waals surface area contributed by atoms with Crippen molar-refractivity contribution in [3.63, 3.8) is 0 Å². The fourth-order valence-electron chi connectivity index (χ4n) is 2.87. The van der Waals surface area contributed by atoms with Crippen molar-refractivity contribution in [1.82, 2.24) is 9.80 Å². The lowest BCUT2D eigenvalue weighted by atomic mass is 10.2. The summed E-state index contributed by atoms with van der Waals surface area (Å²) in [5.41, 5.74) is 0.961. The lowest BCUT2D eigenvalue weighted by molar-refractivity contribution is 0.0596. The van der Waals surface area contributed by atoms with Crippen LogP contribution in [0.4, 0.5) is 4.39 Å². The Hall–Kier alpha value is -1.79. The number of thioether (sulfide) groups is 1. The molecule has 1 aliphatic heterocycles. The van der Waals surface area contributed by atoms with Crippen LogP contribution in [0.5, 0.6) is 0 Å². The maximum atomic E-state index is 13.3.